The molecule has 0 fully saturated rings. The second-order valence-electron chi connectivity index (χ2n) is 5.19. The number of anilines is 1. The molecule has 0 saturated heterocycles. The van der Waals surface area contributed by atoms with Gasteiger partial charge in [-0.15, -0.1) is 11.3 Å². The van der Waals surface area contributed by atoms with Gasteiger partial charge < -0.3 is 15.5 Å². The van der Waals surface area contributed by atoms with Crippen LogP contribution in [0.4, 0.5) is 5.69 Å². The molecular formula is C17H12N2O5S2. The number of aromatic nitrogens is 1. The summed E-state index contributed by atoms with van der Waals surface area (Å²) in [7, 11) is 0. The summed E-state index contributed by atoms with van der Waals surface area (Å²) in [6.45, 7) is 0. The van der Waals surface area contributed by atoms with Crippen molar-refractivity contribution >= 4 is 56.8 Å². The minimum absolute atomic E-state index is 0.0690. The summed E-state index contributed by atoms with van der Waals surface area (Å²) >= 11 is 2.73. The second kappa shape index (κ2) is 7.54. The molecule has 0 unspecified atom stereocenters. The highest BCUT2D eigenvalue weighted by molar-refractivity contribution is 8.01. The third kappa shape index (κ3) is 4.19. The van der Waals surface area contributed by atoms with Crippen LogP contribution in [0.2, 0.25) is 0 Å². The standard InChI is InChI=1S/C17H12N2O5S2/c20-14(8-25-17-19-12-3-1-2-4-13(12)26-17)18-11-6-9(15(21)22)5-10(7-11)16(23)24/h1-7H,8H2,(H,18,20)(H,21,22)(H,23,24). The number of carboxylic acids is 2. The van der Waals surface area contributed by atoms with Gasteiger partial charge in [0.05, 0.1) is 27.1 Å². The molecule has 2 aromatic carbocycles. The lowest BCUT2D eigenvalue weighted by Gasteiger charge is -2.07. The highest BCUT2D eigenvalue weighted by Crippen LogP contribution is 2.29. The Morgan fingerprint density at radius 2 is 1.69 bits per heavy atom. The minimum atomic E-state index is -1.27. The molecule has 26 heavy (non-hydrogen) atoms. The van der Waals surface area contributed by atoms with Gasteiger partial charge in [-0.1, -0.05) is 23.9 Å². The number of carbonyl (C=O) groups is 3. The van der Waals surface area contributed by atoms with Gasteiger partial charge >= 0.3 is 11.9 Å². The second-order valence-corrected chi connectivity index (χ2v) is 7.45. The van der Waals surface area contributed by atoms with Gasteiger partial charge in [-0.3, -0.25) is 4.79 Å². The van der Waals surface area contributed by atoms with Gasteiger partial charge in [0.2, 0.25) is 5.91 Å². The van der Waals surface area contributed by atoms with E-state index in [1.807, 2.05) is 24.3 Å². The predicted octanol–water partition coefficient (Wildman–Crippen LogP) is 3.42. The predicted molar refractivity (Wildman–Crippen MR) is 99.3 cm³/mol. The molecule has 9 heteroatoms. The van der Waals surface area contributed by atoms with Gasteiger partial charge in [0.1, 0.15) is 0 Å². The summed E-state index contributed by atoms with van der Waals surface area (Å²) < 4.78 is 1.77. The number of benzene rings is 2. The molecule has 132 valence electrons. The summed E-state index contributed by atoms with van der Waals surface area (Å²) in [6, 6.07) is 11.1. The monoisotopic (exact) mass is 388 g/mol. The molecule has 3 rings (SSSR count). The van der Waals surface area contributed by atoms with Crippen LogP contribution in [-0.2, 0) is 4.79 Å². The maximum Gasteiger partial charge on any atom is 0.335 e. The van der Waals surface area contributed by atoms with Crippen molar-refractivity contribution in [1.82, 2.24) is 4.98 Å². The van der Waals surface area contributed by atoms with E-state index in [0.29, 0.717) is 0 Å². The lowest BCUT2D eigenvalue weighted by Crippen LogP contribution is -2.15. The maximum atomic E-state index is 12.1. The number of carboxylic acid groups (broad SMARTS) is 2. The Morgan fingerprint density at radius 3 is 2.31 bits per heavy atom. The van der Waals surface area contributed by atoms with Crippen molar-refractivity contribution in [3.63, 3.8) is 0 Å². The van der Waals surface area contributed by atoms with Crippen molar-refractivity contribution in [3.05, 3.63) is 53.6 Å². The summed E-state index contributed by atoms with van der Waals surface area (Å²) in [5.41, 5.74) is 0.566. The Labute approximate surface area is 155 Å². The zero-order chi connectivity index (χ0) is 18.7. The van der Waals surface area contributed by atoms with E-state index in [-0.39, 0.29) is 28.5 Å². The highest BCUT2D eigenvalue weighted by Gasteiger charge is 2.13. The molecule has 0 aliphatic heterocycles. The van der Waals surface area contributed by atoms with Crippen LogP contribution in [0.25, 0.3) is 10.2 Å². The number of aromatic carboxylic acids is 2. The molecule has 7 nitrogen and oxygen atoms in total. The quantitative estimate of drug-likeness (QED) is 0.554. The van der Waals surface area contributed by atoms with Crippen LogP contribution in [-0.4, -0.2) is 38.8 Å². The third-order valence-corrected chi connectivity index (χ3v) is 5.49. The first-order valence-corrected chi connectivity index (χ1v) is 9.12. The Hall–Kier alpha value is -2.91. The first kappa shape index (κ1) is 17.9. The SMILES string of the molecule is O=C(CSc1nc2ccccc2s1)Nc1cc(C(=O)O)cc(C(=O)O)c1. The number of thiazole rings is 1. The fourth-order valence-corrected chi connectivity index (χ4v) is 4.05. The number of carbonyl (C=O) groups excluding carboxylic acids is 1. The lowest BCUT2D eigenvalue weighted by molar-refractivity contribution is -0.113. The van der Waals surface area contributed by atoms with Crippen LogP contribution >= 0.6 is 23.1 Å². The number of amides is 1. The zero-order valence-corrected chi connectivity index (χ0v) is 14.8. The Bertz CT molecular complexity index is 950. The molecule has 0 aliphatic carbocycles. The van der Waals surface area contributed by atoms with Crippen molar-refractivity contribution in [2.75, 3.05) is 11.1 Å². The first-order valence-electron chi connectivity index (χ1n) is 7.32. The Morgan fingerprint density at radius 1 is 1.04 bits per heavy atom. The lowest BCUT2D eigenvalue weighted by atomic mass is 10.1. The van der Waals surface area contributed by atoms with E-state index < -0.39 is 11.9 Å². The van der Waals surface area contributed by atoms with E-state index in [4.69, 9.17) is 10.2 Å². The molecule has 1 heterocycles. The van der Waals surface area contributed by atoms with E-state index in [9.17, 15) is 14.4 Å². The van der Waals surface area contributed by atoms with Crippen LogP contribution in [0.3, 0.4) is 0 Å². The molecule has 1 aromatic heterocycles. The minimum Gasteiger partial charge on any atom is -0.478 e. The molecule has 0 bridgehead atoms. The molecule has 3 aromatic rings. The number of hydrogen-bond donors (Lipinski definition) is 3. The van der Waals surface area contributed by atoms with E-state index in [1.54, 1.807) is 0 Å². The van der Waals surface area contributed by atoms with Gasteiger partial charge in [-0.05, 0) is 30.3 Å². The van der Waals surface area contributed by atoms with Gasteiger partial charge in [-0.25, -0.2) is 14.6 Å². The van der Waals surface area contributed by atoms with Gasteiger partial charge in [0.25, 0.3) is 0 Å². The van der Waals surface area contributed by atoms with Crippen LogP contribution in [0, 0.1) is 0 Å². The summed E-state index contributed by atoms with van der Waals surface area (Å²) in [5.74, 6) is -2.85. The van der Waals surface area contributed by atoms with Crippen molar-refractivity contribution in [1.29, 1.82) is 0 Å². The molecule has 0 spiro atoms. The Balaban J connectivity index is 1.69. The van der Waals surface area contributed by atoms with E-state index in [2.05, 4.69) is 10.3 Å². The van der Waals surface area contributed by atoms with Crippen LogP contribution in [0.15, 0.2) is 46.8 Å². The van der Waals surface area contributed by atoms with Crippen molar-refractivity contribution in [2.45, 2.75) is 4.34 Å². The number of rotatable bonds is 6. The normalized spacial score (nSPS) is 10.6. The zero-order valence-electron chi connectivity index (χ0n) is 13.1. The maximum absolute atomic E-state index is 12.1. The fraction of sp³-hybridized carbons (Fsp3) is 0.0588. The highest BCUT2D eigenvalue weighted by atomic mass is 32.2. The van der Waals surface area contributed by atoms with Crippen LogP contribution in [0.1, 0.15) is 20.7 Å². The van der Waals surface area contributed by atoms with Gasteiger partial charge in [-0.2, -0.15) is 0 Å². The smallest absolute Gasteiger partial charge is 0.335 e. The molecule has 3 N–H and O–H groups in total. The topological polar surface area (TPSA) is 117 Å². The summed E-state index contributed by atoms with van der Waals surface area (Å²) in [4.78, 5) is 38.7. The van der Waals surface area contributed by atoms with Gasteiger partial charge in [0.15, 0.2) is 4.34 Å². The average molecular weight is 388 g/mol. The molecule has 0 aliphatic rings. The fourth-order valence-electron chi connectivity index (χ4n) is 2.18. The average Bonchev–Trinajstić information content (AvgIpc) is 3.02. The number of nitrogens with one attached hydrogen (secondary N) is 1. The largest absolute Gasteiger partial charge is 0.478 e. The molecule has 0 radical (unpaired) electrons. The molecular weight excluding hydrogens is 376 g/mol. The van der Waals surface area contributed by atoms with Crippen LogP contribution < -0.4 is 5.32 Å². The van der Waals surface area contributed by atoms with E-state index >= 15 is 0 Å². The van der Waals surface area contributed by atoms with E-state index in [1.165, 1.54) is 35.2 Å². The van der Waals surface area contributed by atoms with Crippen molar-refractivity contribution < 1.29 is 24.6 Å². The summed E-state index contributed by atoms with van der Waals surface area (Å²) in [5, 5.41) is 20.6. The number of hydrogen-bond acceptors (Lipinski definition) is 6. The Kier molecular flexibility index (Phi) is 5.19. The van der Waals surface area contributed by atoms with Crippen molar-refractivity contribution in [2.24, 2.45) is 0 Å². The third-order valence-electron chi connectivity index (χ3n) is 3.31. The van der Waals surface area contributed by atoms with Crippen LogP contribution in [0.5, 0.6) is 0 Å². The molecule has 0 atom stereocenters. The number of nitrogens with zero attached hydrogens (tertiary/aromatic N) is 1. The number of para-hydroxylation sites is 1. The number of thioether (sulfide) groups is 1. The van der Waals surface area contributed by atoms with Crippen molar-refractivity contribution in [3.8, 4) is 0 Å². The first-order chi connectivity index (χ1) is 12.4. The summed E-state index contributed by atoms with van der Waals surface area (Å²) in [6.07, 6.45) is 0. The molecule has 1 amide bonds. The van der Waals surface area contributed by atoms with E-state index in [0.717, 1.165) is 20.6 Å². The molecule has 0 saturated carbocycles. The number of fused-ring (bicyclic) bond motifs is 1. The van der Waals surface area contributed by atoms with Gasteiger partial charge in [0, 0.05) is 5.69 Å².